The lowest BCUT2D eigenvalue weighted by Crippen LogP contribution is -2.31. The van der Waals surface area contributed by atoms with Crippen LogP contribution in [0.4, 0.5) is 24.5 Å². The molecule has 1 heterocycles. The highest BCUT2D eigenvalue weighted by atomic mass is 19.4. The summed E-state index contributed by atoms with van der Waals surface area (Å²) in [5.41, 5.74) is -0.695. The van der Waals surface area contributed by atoms with Gasteiger partial charge in [-0.1, -0.05) is 0 Å². The van der Waals surface area contributed by atoms with E-state index in [1.807, 2.05) is 0 Å². The number of amides is 1. The van der Waals surface area contributed by atoms with Crippen LogP contribution >= 0.6 is 0 Å². The molecule has 1 aromatic heterocycles. The van der Waals surface area contributed by atoms with Crippen molar-refractivity contribution in [2.45, 2.75) is 39.6 Å². The van der Waals surface area contributed by atoms with E-state index in [1.54, 1.807) is 0 Å². The van der Waals surface area contributed by atoms with Gasteiger partial charge in [-0.05, 0) is 45.0 Å². The van der Waals surface area contributed by atoms with Gasteiger partial charge in [-0.3, -0.25) is 24.4 Å². The number of alkyl halides is 3. The molecule has 0 aliphatic carbocycles. The Kier molecular flexibility index (Phi) is 6.25. The predicted molar refractivity (Wildman–Crippen MR) is 94.0 cm³/mol. The first-order valence-corrected chi connectivity index (χ1v) is 8.26. The van der Waals surface area contributed by atoms with Crippen molar-refractivity contribution in [1.82, 2.24) is 9.78 Å². The summed E-state index contributed by atoms with van der Waals surface area (Å²) in [7, 11) is 0. The highest BCUT2D eigenvalue weighted by Crippen LogP contribution is 2.29. The number of nitro groups is 1. The fourth-order valence-corrected chi connectivity index (χ4v) is 2.50. The molecule has 9 nitrogen and oxygen atoms in total. The zero-order valence-corrected chi connectivity index (χ0v) is 15.6. The van der Waals surface area contributed by atoms with Gasteiger partial charge in [0.1, 0.15) is 17.9 Å². The molecule has 0 aliphatic heterocycles. The molecular weight excluding hydrogens is 397 g/mol. The van der Waals surface area contributed by atoms with Gasteiger partial charge in [-0.2, -0.15) is 18.3 Å². The summed E-state index contributed by atoms with van der Waals surface area (Å²) < 4.78 is 43.7. The fraction of sp³-hybridized carbons (Fsp3) is 0.353. The average molecular weight is 414 g/mol. The minimum absolute atomic E-state index is 0.0973. The molecule has 0 saturated heterocycles. The van der Waals surface area contributed by atoms with Crippen LogP contribution in [0.15, 0.2) is 24.3 Å². The van der Waals surface area contributed by atoms with Gasteiger partial charge in [0.05, 0.1) is 10.5 Å². The number of ether oxygens (including phenoxy) is 1. The molecule has 1 N–H and O–H groups in total. The van der Waals surface area contributed by atoms with Crippen LogP contribution in [0.5, 0.6) is 0 Å². The van der Waals surface area contributed by atoms with Gasteiger partial charge in [0.2, 0.25) is 0 Å². The van der Waals surface area contributed by atoms with Crippen LogP contribution in [-0.2, 0) is 27.0 Å². The minimum atomic E-state index is -4.50. The average Bonchev–Trinajstić information content (AvgIpc) is 2.87. The summed E-state index contributed by atoms with van der Waals surface area (Å²) in [4.78, 5) is 34.5. The Labute approximate surface area is 162 Å². The number of carbonyl (C=O) groups is 2. The summed E-state index contributed by atoms with van der Waals surface area (Å²) in [6.07, 6.45) is -5.75. The Bertz CT molecular complexity index is 938. The molecule has 0 fully saturated rings. The summed E-state index contributed by atoms with van der Waals surface area (Å²) in [6, 6.07) is 3.76. The molecule has 0 unspecified atom stereocenters. The number of rotatable bonds is 6. The summed E-state index contributed by atoms with van der Waals surface area (Å²) >= 11 is 0. The molecule has 1 amide bonds. The van der Waals surface area contributed by atoms with E-state index in [0.29, 0.717) is 0 Å². The first-order chi connectivity index (χ1) is 13.4. The third-order valence-electron chi connectivity index (χ3n) is 3.96. The summed E-state index contributed by atoms with van der Waals surface area (Å²) in [6.45, 7) is 3.68. The van der Waals surface area contributed by atoms with Crippen LogP contribution < -0.4 is 5.32 Å². The first kappa shape index (κ1) is 21.9. The van der Waals surface area contributed by atoms with Crippen LogP contribution in [0.3, 0.4) is 0 Å². The number of anilines is 1. The molecule has 2 rings (SSSR count). The molecule has 0 saturated carbocycles. The molecule has 0 bridgehead atoms. The van der Waals surface area contributed by atoms with Crippen molar-refractivity contribution in [2.75, 3.05) is 5.32 Å². The molecule has 2 aromatic rings. The number of aromatic nitrogens is 2. The molecule has 29 heavy (non-hydrogen) atoms. The van der Waals surface area contributed by atoms with Crippen molar-refractivity contribution in [2.24, 2.45) is 0 Å². The van der Waals surface area contributed by atoms with Gasteiger partial charge in [-0.25, -0.2) is 0 Å². The molecular formula is C17H17F3N4O5. The molecule has 0 radical (unpaired) electrons. The molecule has 1 atom stereocenters. The van der Waals surface area contributed by atoms with Crippen molar-refractivity contribution in [1.29, 1.82) is 0 Å². The number of nitrogens with zero attached hydrogens (tertiary/aromatic N) is 3. The summed E-state index contributed by atoms with van der Waals surface area (Å²) in [5.74, 6) is -1.61. The lowest BCUT2D eigenvalue weighted by atomic mass is 10.2. The normalized spacial score (nSPS) is 12.3. The largest absolute Gasteiger partial charge is 0.451 e. The molecule has 0 aliphatic rings. The Hall–Kier alpha value is -3.44. The quantitative estimate of drug-likeness (QED) is 0.441. The molecule has 0 spiro atoms. The number of hydrogen-bond acceptors (Lipinski definition) is 6. The van der Waals surface area contributed by atoms with E-state index in [1.165, 1.54) is 20.8 Å². The third-order valence-corrected chi connectivity index (χ3v) is 3.96. The second-order valence-corrected chi connectivity index (χ2v) is 6.13. The maximum absolute atomic E-state index is 12.5. The number of carbonyl (C=O) groups excluding carboxylic acids is 2. The number of benzene rings is 1. The fourth-order valence-electron chi connectivity index (χ4n) is 2.50. The van der Waals surface area contributed by atoms with Crippen LogP contribution in [-0.4, -0.2) is 32.7 Å². The van der Waals surface area contributed by atoms with Crippen molar-refractivity contribution < 1.29 is 32.4 Å². The molecule has 156 valence electrons. The maximum Gasteiger partial charge on any atom is 0.416 e. The molecule has 1 aromatic carbocycles. The van der Waals surface area contributed by atoms with E-state index in [-0.39, 0.29) is 22.8 Å². The van der Waals surface area contributed by atoms with Gasteiger partial charge in [0.25, 0.3) is 5.91 Å². The van der Waals surface area contributed by atoms with Gasteiger partial charge >= 0.3 is 17.8 Å². The van der Waals surface area contributed by atoms with E-state index < -0.39 is 41.2 Å². The highest BCUT2D eigenvalue weighted by molar-refractivity contribution is 5.95. The SMILES string of the molecule is Cc1nn(CC(=O)O[C@H](C)C(=O)Nc2ccc(C(F)(F)F)cc2)c(C)c1[N+](=O)[O-]. The number of esters is 1. The number of halogens is 3. The summed E-state index contributed by atoms with van der Waals surface area (Å²) in [5, 5.41) is 17.2. The van der Waals surface area contributed by atoms with Crippen molar-refractivity contribution >= 4 is 23.3 Å². The van der Waals surface area contributed by atoms with Gasteiger partial charge in [0.15, 0.2) is 6.10 Å². The Morgan fingerprint density at radius 1 is 1.28 bits per heavy atom. The van der Waals surface area contributed by atoms with Crippen LogP contribution in [0.25, 0.3) is 0 Å². The minimum Gasteiger partial charge on any atom is -0.451 e. The van der Waals surface area contributed by atoms with E-state index >= 15 is 0 Å². The zero-order valence-electron chi connectivity index (χ0n) is 15.6. The van der Waals surface area contributed by atoms with Crippen molar-refractivity contribution in [3.63, 3.8) is 0 Å². The predicted octanol–water partition coefficient (Wildman–Crippen LogP) is 3.00. The number of aryl methyl sites for hydroxylation is 1. The maximum atomic E-state index is 12.5. The van der Waals surface area contributed by atoms with E-state index in [0.717, 1.165) is 28.9 Å². The molecule has 12 heteroatoms. The Balaban J connectivity index is 1.96. The second kappa shape index (κ2) is 8.29. The van der Waals surface area contributed by atoms with Gasteiger partial charge in [0, 0.05) is 5.69 Å². The second-order valence-electron chi connectivity index (χ2n) is 6.13. The van der Waals surface area contributed by atoms with Crippen LogP contribution in [0.2, 0.25) is 0 Å². The zero-order chi connectivity index (χ0) is 21.9. The standard InChI is InChI=1S/C17H17F3N4O5/c1-9-15(24(27)28)10(2)23(22-9)8-14(25)29-11(3)16(26)21-13-6-4-12(5-7-13)17(18,19)20/h4-7,11H,8H2,1-3H3,(H,21,26)/t11-/m1/s1. The highest BCUT2D eigenvalue weighted by Gasteiger charge is 2.30. The van der Waals surface area contributed by atoms with Crippen LogP contribution in [0, 0.1) is 24.0 Å². The third kappa shape index (κ3) is 5.30. The van der Waals surface area contributed by atoms with E-state index in [2.05, 4.69) is 10.4 Å². The van der Waals surface area contributed by atoms with Crippen molar-refractivity contribution in [3.05, 3.63) is 51.3 Å². The topological polar surface area (TPSA) is 116 Å². The first-order valence-electron chi connectivity index (χ1n) is 8.26. The smallest absolute Gasteiger partial charge is 0.416 e. The number of hydrogen-bond donors (Lipinski definition) is 1. The monoisotopic (exact) mass is 414 g/mol. The van der Waals surface area contributed by atoms with Gasteiger partial charge in [-0.15, -0.1) is 0 Å². The lowest BCUT2D eigenvalue weighted by Gasteiger charge is -2.14. The lowest BCUT2D eigenvalue weighted by molar-refractivity contribution is -0.386. The number of nitrogens with one attached hydrogen (secondary N) is 1. The van der Waals surface area contributed by atoms with Gasteiger partial charge < -0.3 is 10.1 Å². The Morgan fingerprint density at radius 2 is 1.86 bits per heavy atom. The van der Waals surface area contributed by atoms with E-state index in [4.69, 9.17) is 4.74 Å². The Morgan fingerprint density at radius 3 is 2.34 bits per heavy atom. The van der Waals surface area contributed by atoms with Crippen LogP contribution in [0.1, 0.15) is 23.9 Å². The van der Waals surface area contributed by atoms with E-state index in [9.17, 15) is 32.9 Å². The van der Waals surface area contributed by atoms with Crippen molar-refractivity contribution in [3.8, 4) is 0 Å².